The summed E-state index contributed by atoms with van der Waals surface area (Å²) in [6, 6.07) is -1.19. The molecule has 4 nitrogen and oxygen atoms in total. The molecular weight excluding hydrogens is 235 g/mol. The molecule has 1 aromatic rings. The molecule has 0 aliphatic carbocycles. The summed E-state index contributed by atoms with van der Waals surface area (Å²) in [5.41, 5.74) is 3.78. The SMILES string of the molecule is Cn1nc(C(F)(F)F)c(C(N)CO)c1Cl. The van der Waals surface area contributed by atoms with Crippen molar-refractivity contribution in [1.82, 2.24) is 9.78 Å². The molecule has 86 valence electrons. The van der Waals surface area contributed by atoms with Gasteiger partial charge in [0.1, 0.15) is 5.15 Å². The molecule has 1 heterocycles. The molecular formula is C7H9ClF3N3O. The van der Waals surface area contributed by atoms with Crippen LogP contribution < -0.4 is 5.73 Å². The molecule has 1 rings (SSSR count). The molecule has 0 saturated heterocycles. The average molecular weight is 244 g/mol. The molecule has 1 aromatic heterocycles. The van der Waals surface area contributed by atoms with E-state index in [2.05, 4.69) is 5.10 Å². The Morgan fingerprint density at radius 2 is 2.13 bits per heavy atom. The Balaban J connectivity index is 3.34. The maximum atomic E-state index is 12.5. The van der Waals surface area contributed by atoms with Crippen LogP contribution in [-0.4, -0.2) is 21.5 Å². The molecule has 0 fully saturated rings. The van der Waals surface area contributed by atoms with Crippen LogP contribution in [0.4, 0.5) is 13.2 Å². The summed E-state index contributed by atoms with van der Waals surface area (Å²) >= 11 is 5.60. The van der Waals surface area contributed by atoms with E-state index in [1.807, 2.05) is 0 Å². The first kappa shape index (κ1) is 12.3. The minimum atomic E-state index is -4.63. The number of aliphatic hydroxyl groups excluding tert-OH is 1. The highest BCUT2D eigenvalue weighted by Gasteiger charge is 2.40. The highest BCUT2D eigenvalue weighted by atomic mass is 35.5. The standard InChI is InChI=1S/C7H9ClF3N3O/c1-14-6(8)4(3(12)2-15)5(13-14)7(9,10)11/h3,15H,2,12H2,1H3. The van der Waals surface area contributed by atoms with Crippen molar-refractivity contribution in [2.45, 2.75) is 12.2 Å². The molecule has 0 aliphatic heterocycles. The zero-order valence-electron chi connectivity index (χ0n) is 7.72. The van der Waals surface area contributed by atoms with Crippen molar-refractivity contribution in [2.75, 3.05) is 6.61 Å². The second-order valence-corrected chi connectivity index (χ2v) is 3.32. The molecule has 8 heteroatoms. The van der Waals surface area contributed by atoms with E-state index in [9.17, 15) is 13.2 Å². The highest BCUT2D eigenvalue weighted by Crippen LogP contribution is 2.36. The number of alkyl halides is 3. The van der Waals surface area contributed by atoms with E-state index in [1.54, 1.807) is 0 Å². The van der Waals surface area contributed by atoms with Crippen LogP contribution in [0.15, 0.2) is 0 Å². The summed E-state index contributed by atoms with van der Waals surface area (Å²) in [7, 11) is 1.27. The fourth-order valence-corrected chi connectivity index (χ4v) is 1.42. The minimum absolute atomic E-state index is 0.219. The van der Waals surface area contributed by atoms with E-state index in [-0.39, 0.29) is 10.7 Å². The summed E-state index contributed by atoms with van der Waals surface area (Å²) in [6.45, 7) is -0.630. The van der Waals surface area contributed by atoms with Gasteiger partial charge in [-0.05, 0) is 0 Å². The van der Waals surface area contributed by atoms with Crippen LogP contribution in [0.3, 0.4) is 0 Å². The van der Waals surface area contributed by atoms with Crippen molar-refractivity contribution in [3.05, 3.63) is 16.4 Å². The summed E-state index contributed by atoms with van der Waals surface area (Å²) in [6.07, 6.45) is -4.63. The van der Waals surface area contributed by atoms with Crippen LogP contribution in [0.1, 0.15) is 17.3 Å². The molecule has 0 saturated carbocycles. The molecule has 0 bridgehead atoms. The number of halogens is 4. The Bertz CT molecular complexity index is 363. The van der Waals surface area contributed by atoms with Gasteiger partial charge >= 0.3 is 6.18 Å². The Morgan fingerprint density at radius 1 is 1.60 bits per heavy atom. The number of hydrogen-bond acceptors (Lipinski definition) is 3. The van der Waals surface area contributed by atoms with Crippen LogP contribution in [0, 0.1) is 0 Å². The van der Waals surface area contributed by atoms with Crippen LogP contribution in [0.25, 0.3) is 0 Å². The van der Waals surface area contributed by atoms with Gasteiger partial charge in [0.15, 0.2) is 5.69 Å². The first-order chi connectivity index (χ1) is 6.79. The second kappa shape index (κ2) is 3.99. The van der Waals surface area contributed by atoms with Gasteiger partial charge in [-0.1, -0.05) is 11.6 Å². The fraction of sp³-hybridized carbons (Fsp3) is 0.571. The van der Waals surface area contributed by atoms with Gasteiger partial charge in [-0.2, -0.15) is 18.3 Å². The molecule has 0 aromatic carbocycles. The molecule has 1 atom stereocenters. The normalized spacial score (nSPS) is 14.3. The largest absolute Gasteiger partial charge is 0.435 e. The highest BCUT2D eigenvalue weighted by molar-refractivity contribution is 6.30. The van der Waals surface area contributed by atoms with E-state index in [0.29, 0.717) is 0 Å². The van der Waals surface area contributed by atoms with Gasteiger partial charge in [0.2, 0.25) is 0 Å². The molecule has 15 heavy (non-hydrogen) atoms. The third kappa shape index (κ3) is 2.24. The molecule has 0 spiro atoms. The number of hydrogen-bond donors (Lipinski definition) is 2. The predicted molar refractivity (Wildman–Crippen MR) is 47.2 cm³/mol. The lowest BCUT2D eigenvalue weighted by Crippen LogP contribution is -2.19. The van der Waals surface area contributed by atoms with Crippen molar-refractivity contribution in [3.8, 4) is 0 Å². The molecule has 0 aliphatic rings. The quantitative estimate of drug-likeness (QED) is 0.817. The number of nitrogens with two attached hydrogens (primary N) is 1. The molecule has 3 N–H and O–H groups in total. The van der Waals surface area contributed by atoms with Crippen LogP contribution in [0.5, 0.6) is 0 Å². The van der Waals surface area contributed by atoms with Crippen LogP contribution >= 0.6 is 11.6 Å². The summed E-state index contributed by atoms with van der Waals surface area (Å²) in [5.74, 6) is 0. The van der Waals surface area contributed by atoms with Crippen LogP contribution in [0.2, 0.25) is 5.15 Å². The average Bonchev–Trinajstić information content (AvgIpc) is 2.42. The Hall–Kier alpha value is -0.790. The van der Waals surface area contributed by atoms with Crippen molar-refractivity contribution < 1.29 is 18.3 Å². The maximum absolute atomic E-state index is 12.5. The number of aliphatic hydroxyl groups is 1. The Morgan fingerprint density at radius 3 is 2.53 bits per heavy atom. The third-order valence-electron chi connectivity index (χ3n) is 1.85. The van der Waals surface area contributed by atoms with Crippen molar-refractivity contribution in [2.24, 2.45) is 12.8 Å². The van der Waals surface area contributed by atoms with Crippen molar-refractivity contribution >= 4 is 11.6 Å². The monoisotopic (exact) mass is 243 g/mol. The number of aryl methyl sites for hydroxylation is 1. The first-order valence-corrected chi connectivity index (χ1v) is 4.32. The van der Waals surface area contributed by atoms with E-state index in [1.165, 1.54) is 7.05 Å². The molecule has 1 unspecified atom stereocenters. The zero-order chi connectivity index (χ0) is 11.8. The maximum Gasteiger partial charge on any atom is 0.435 e. The Kier molecular flexibility index (Phi) is 3.27. The molecule has 0 radical (unpaired) electrons. The van der Waals surface area contributed by atoms with E-state index >= 15 is 0 Å². The van der Waals surface area contributed by atoms with Gasteiger partial charge in [0.25, 0.3) is 0 Å². The lowest BCUT2D eigenvalue weighted by Gasteiger charge is -2.10. The third-order valence-corrected chi connectivity index (χ3v) is 2.30. The number of nitrogens with zero attached hydrogens (tertiary/aromatic N) is 2. The summed E-state index contributed by atoms with van der Waals surface area (Å²) < 4.78 is 38.3. The second-order valence-electron chi connectivity index (χ2n) is 2.96. The Labute approximate surface area is 88.4 Å². The summed E-state index contributed by atoms with van der Waals surface area (Å²) in [5, 5.41) is 11.7. The van der Waals surface area contributed by atoms with Crippen LogP contribution in [-0.2, 0) is 13.2 Å². The lowest BCUT2D eigenvalue weighted by molar-refractivity contribution is -0.142. The van der Waals surface area contributed by atoms with E-state index in [0.717, 1.165) is 4.68 Å². The van der Waals surface area contributed by atoms with Gasteiger partial charge < -0.3 is 10.8 Å². The van der Waals surface area contributed by atoms with Crippen molar-refractivity contribution in [3.63, 3.8) is 0 Å². The van der Waals surface area contributed by atoms with E-state index < -0.39 is 24.5 Å². The van der Waals surface area contributed by atoms with Gasteiger partial charge in [-0.15, -0.1) is 0 Å². The van der Waals surface area contributed by atoms with Crippen molar-refractivity contribution in [1.29, 1.82) is 0 Å². The predicted octanol–water partition coefficient (Wildman–Crippen LogP) is 1.08. The van der Waals surface area contributed by atoms with Gasteiger partial charge in [0, 0.05) is 12.6 Å². The summed E-state index contributed by atoms with van der Waals surface area (Å²) in [4.78, 5) is 0. The van der Waals surface area contributed by atoms with Gasteiger partial charge in [0.05, 0.1) is 12.6 Å². The van der Waals surface area contributed by atoms with E-state index in [4.69, 9.17) is 22.4 Å². The van der Waals surface area contributed by atoms with Gasteiger partial charge in [-0.25, -0.2) is 0 Å². The number of rotatable bonds is 2. The minimum Gasteiger partial charge on any atom is -0.394 e. The fourth-order valence-electron chi connectivity index (χ4n) is 1.15. The number of aromatic nitrogens is 2. The first-order valence-electron chi connectivity index (χ1n) is 3.95. The lowest BCUT2D eigenvalue weighted by atomic mass is 10.1. The van der Waals surface area contributed by atoms with Gasteiger partial charge in [-0.3, -0.25) is 4.68 Å². The zero-order valence-corrected chi connectivity index (χ0v) is 8.47. The smallest absolute Gasteiger partial charge is 0.394 e. The topological polar surface area (TPSA) is 64.1 Å². The molecule has 0 amide bonds.